The smallest absolute Gasteiger partial charge is 0.0594 e. The van der Waals surface area contributed by atoms with Crippen LogP contribution in [0.3, 0.4) is 0 Å². The fraction of sp³-hybridized carbons (Fsp3) is 1.00. The van der Waals surface area contributed by atoms with Crippen molar-refractivity contribution >= 4 is 0 Å². The fourth-order valence-corrected chi connectivity index (χ4v) is 2.36. The Morgan fingerprint density at radius 2 is 2.14 bits per heavy atom. The van der Waals surface area contributed by atoms with Gasteiger partial charge in [-0.3, -0.25) is 4.90 Å². The van der Waals surface area contributed by atoms with Gasteiger partial charge in [-0.15, -0.1) is 0 Å². The maximum atomic E-state index is 5.34. The quantitative estimate of drug-likeness (QED) is 0.723. The zero-order valence-corrected chi connectivity index (χ0v) is 9.00. The van der Waals surface area contributed by atoms with Gasteiger partial charge in [-0.2, -0.15) is 0 Å². The van der Waals surface area contributed by atoms with Crippen LogP contribution in [0, 0.1) is 5.92 Å². The third kappa shape index (κ3) is 3.23. The van der Waals surface area contributed by atoms with Gasteiger partial charge in [-0.05, 0) is 44.8 Å². The van der Waals surface area contributed by atoms with Gasteiger partial charge in [0.15, 0.2) is 0 Å². The molecular formula is C11H22N2O. The number of piperidine rings is 1. The summed E-state index contributed by atoms with van der Waals surface area (Å²) >= 11 is 0. The van der Waals surface area contributed by atoms with E-state index in [1.807, 2.05) is 0 Å². The third-order valence-corrected chi connectivity index (χ3v) is 3.36. The molecular weight excluding hydrogens is 176 g/mol. The first-order valence-electron chi connectivity index (χ1n) is 5.96. The molecule has 0 saturated carbocycles. The molecule has 0 aromatic heterocycles. The molecule has 0 radical (unpaired) electrons. The topological polar surface area (TPSA) is 24.5 Å². The van der Waals surface area contributed by atoms with Crippen LogP contribution in [-0.4, -0.2) is 50.8 Å². The number of morpholine rings is 1. The minimum absolute atomic E-state index is 0.923. The van der Waals surface area contributed by atoms with Crippen molar-refractivity contribution in [3.63, 3.8) is 0 Å². The lowest BCUT2D eigenvalue weighted by Gasteiger charge is -2.29. The Labute approximate surface area is 86.8 Å². The lowest BCUT2D eigenvalue weighted by atomic mass is 9.96. The van der Waals surface area contributed by atoms with E-state index in [9.17, 15) is 0 Å². The van der Waals surface area contributed by atoms with Crippen LogP contribution in [-0.2, 0) is 4.74 Å². The van der Waals surface area contributed by atoms with Crippen LogP contribution in [0.25, 0.3) is 0 Å². The fourth-order valence-electron chi connectivity index (χ4n) is 2.36. The van der Waals surface area contributed by atoms with Crippen molar-refractivity contribution in [2.75, 3.05) is 45.9 Å². The Bertz CT molecular complexity index is 133. The van der Waals surface area contributed by atoms with E-state index in [4.69, 9.17) is 4.74 Å². The summed E-state index contributed by atoms with van der Waals surface area (Å²) in [6, 6.07) is 0. The van der Waals surface area contributed by atoms with E-state index in [1.54, 1.807) is 0 Å². The van der Waals surface area contributed by atoms with Crippen LogP contribution in [0.5, 0.6) is 0 Å². The SMILES string of the molecule is C1CNC[C@H](CCN2CCOCC2)C1. The molecule has 0 aromatic rings. The number of nitrogens with zero attached hydrogens (tertiary/aromatic N) is 1. The van der Waals surface area contributed by atoms with E-state index < -0.39 is 0 Å². The second kappa shape index (κ2) is 5.69. The third-order valence-electron chi connectivity index (χ3n) is 3.36. The summed E-state index contributed by atoms with van der Waals surface area (Å²) in [5.74, 6) is 0.923. The molecule has 3 heteroatoms. The van der Waals surface area contributed by atoms with Gasteiger partial charge >= 0.3 is 0 Å². The van der Waals surface area contributed by atoms with E-state index in [-0.39, 0.29) is 0 Å². The van der Waals surface area contributed by atoms with E-state index in [2.05, 4.69) is 10.2 Å². The summed E-state index contributed by atoms with van der Waals surface area (Å²) in [6.45, 7) is 7.89. The van der Waals surface area contributed by atoms with Crippen molar-refractivity contribution in [2.45, 2.75) is 19.3 Å². The van der Waals surface area contributed by atoms with Crippen molar-refractivity contribution in [3.05, 3.63) is 0 Å². The van der Waals surface area contributed by atoms with Crippen molar-refractivity contribution in [2.24, 2.45) is 5.92 Å². The Morgan fingerprint density at radius 3 is 2.86 bits per heavy atom. The second-order valence-corrected chi connectivity index (χ2v) is 4.46. The van der Waals surface area contributed by atoms with E-state index >= 15 is 0 Å². The van der Waals surface area contributed by atoms with Crippen molar-refractivity contribution in [3.8, 4) is 0 Å². The minimum atomic E-state index is 0.923. The first kappa shape index (κ1) is 10.4. The highest BCUT2D eigenvalue weighted by Gasteiger charge is 2.15. The summed E-state index contributed by atoms with van der Waals surface area (Å²) in [4.78, 5) is 2.54. The molecule has 0 spiro atoms. The zero-order chi connectivity index (χ0) is 9.64. The van der Waals surface area contributed by atoms with E-state index in [1.165, 1.54) is 38.9 Å². The largest absolute Gasteiger partial charge is 0.379 e. The first-order chi connectivity index (χ1) is 6.95. The summed E-state index contributed by atoms with van der Waals surface area (Å²) in [5, 5.41) is 3.48. The van der Waals surface area contributed by atoms with Gasteiger partial charge in [-0.25, -0.2) is 0 Å². The molecule has 2 aliphatic heterocycles. The molecule has 2 rings (SSSR count). The number of rotatable bonds is 3. The lowest BCUT2D eigenvalue weighted by Crippen LogP contribution is -2.39. The van der Waals surface area contributed by atoms with Gasteiger partial charge in [0.2, 0.25) is 0 Å². The molecule has 2 heterocycles. The predicted molar refractivity (Wildman–Crippen MR) is 57.5 cm³/mol. The monoisotopic (exact) mass is 198 g/mol. The molecule has 2 fully saturated rings. The van der Waals surface area contributed by atoms with Crippen LogP contribution < -0.4 is 5.32 Å². The number of ether oxygens (including phenoxy) is 1. The number of hydrogen-bond donors (Lipinski definition) is 1. The van der Waals surface area contributed by atoms with Crippen LogP contribution in [0.1, 0.15) is 19.3 Å². The van der Waals surface area contributed by atoms with Crippen molar-refractivity contribution < 1.29 is 4.74 Å². The average Bonchev–Trinajstić information content (AvgIpc) is 2.29. The lowest BCUT2D eigenvalue weighted by molar-refractivity contribution is 0.0349. The van der Waals surface area contributed by atoms with Gasteiger partial charge in [-0.1, -0.05) is 0 Å². The van der Waals surface area contributed by atoms with Crippen LogP contribution >= 0.6 is 0 Å². The molecule has 14 heavy (non-hydrogen) atoms. The van der Waals surface area contributed by atoms with E-state index in [0.29, 0.717) is 0 Å². The minimum Gasteiger partial charge on any atom is -0.379 e. The van der Waals surface area contributed by atoms with Gasteiger partial charge in [0.25, 0.3) is 0 Å². The maximum Gasteiger partial charge on any atom is 0.0594 e. The van der Waals surface area contributed by atoms with Gasteiger partial charge in [0.05, 0.1) is 13.2 Å². The summed E-state index contributed by atoms with van der Waals surface area (Å²) < 4.78 is 5.34. The Hall–Kier alpha value is -0.120. The average molecular weight is 198 g/mol. The van der Waals surface area contributed by atoms with Gasteiger partial charge in [0, 0.05) is 13.1 Å². The molecule has 2 aliphatic rings. The zero-order valence-electron chi connectivity index (χ0n) is 9.00. The maximum absolute atomic E-state index is 5.34. The predicted octanol–water partition coefficient (Wildman–Crippen LogP) is 0.708. The second-order valence-electron chi connectivity index (χ2n) is 4.46. The molecule has 0 bridgehead atoms. The van der Waals surface area contributed by atoms with Crippen LogP contribution in [0.2, 0.25) is 0 Å². The first-order valence-corrected chi connectivity index (χ1v) is 5.96. The molecule has 0 amide bonds. The molecule has 1 N–H and O–H groups in total. The molecule has 0 aromatic carbocycles. The standard InChI is InChI=1S/C11H22N2O/c1-2-11(10-12-4-1)3-5-13-6-8-14-9-7-13/h11-12H,1-10H2/t11-/m0/s1. The Balaban J connectivity index is 1.60. The van der Waals surface area contributed by atoms with E-state index in [0.717, 1.165) is 32.2 Å². The molecule has 2 saturated heterocycles. The van der Waals surface area contributed by atoms with Crippen LogP contribution in [0.15, 0.2) is 0 Å². The number of hydrogen-bond acceptors (Lipinski definition) is 3. The molecule has 1 atom stereocenters. The van der Waals surface area contributed by atoms with Crippen molar-refractivity contribution in [1.82, 2.24) is 10.2 Å². The Kier molecular flexibility index (Phi) is 4.22. The molecule has 0 unspecified atom stereocenters. The van der Waals surface area contributed by atoms with Gasteiger partial charge in [0.1, 0.15) is 0 Å². The highest BCUT2D eigenvalue weighted by atomic mass is 16.5. The molecule has 82 valence electrons. The summed E-state index contributed by atoms with van der Waals surface area (Å²) in [7, 11) is 0. The highest BCUT2D eigenvalue weighted by molar-refractivity contribution is 4.71. The summed E-state index contributed by atoms with van der Waals surface area (Å²) in [6.07, 6.45) is 4.16. The number of nitrogens with one attached hydrogen (secondary N) is 1. The summed E-state index contributed by atoms with van der Waals surface area (Å²) in [5.41, 5.74) is 0. The molecule has 0 aliphatic carbocycles. The highest BCUT2D eigenvalue weighted by Crippen LogP contribution is 2.14. The van der Waals surface area contributed by atoms with Crippen LogP contribution in [0.4, 0.5) is 0 Å². The Morgan fingerprint density at radius 1 is 1.29 bits per heavy atom. The normalized spacial score (nSPS) is 30.4. The molecule has 3 nitrogen and oxygen atoms in total. The van der Waals surface area contributed by atoms with Crippen molar-refractivity contribution in [1.29, 1.82) is 0 Å². The van der Waals surface area contributed by atoms with Gasteiger partial charge < -0.3 is 10.1 Å².